The SMILES string of the molecule is COC(=O)C1CCOc2cc(Oc3ccc(C(=O)NC[C@H](C)c4ccccc4)cc3)c(C#N)cc21. The van der Waals surface area contributed by atoms with Crippen molar-refractivity contribution in [2.24, 2.45) is 0 Å². The van der Waals surface area contributed by atoms with E-state index >= 15 is 0 Å². The fourth-order valence-electron chi connectivity index (χ4n) is 4.02. The van der Waals surface area contributed by atoms with E-state index in [1.807, 2.05) is 30.3 Å². The quantitative estimate of drug-likeness (QED) is 0.492. The Balaban J connectivity index is 1.44. The number of rotatable bonds is 7. The second kappa shape index (κ2) is 10.7. The summed E-state index contributed by atoms with van der Waals surface area (Å²) in [5.74, 6) is 0.447. The van der Waals surface area contributed by atoms with E-state index in [0.717, 1.165) is 5.56 Å². The van der Waals surface area contributed by atoms with Crippen LogP contribution in [0.4, 0.5) is 0 Å². The van der Waals surface area contributed by atoms with Crippen molar-refractivity contribution < 1.29 is 23.8 Å². The number of methoxy groups -OCH3 is 1. The molecule has 7 heteroatoms. The second-order valence-corrected chi connectivity index (χ2v) is 8.36. The highest BCUT2D eigenvalue weighted by Gasteiger charge is 2.30. The van der Waals surface area contributed by atoms with Gasteiger partial charge in [-0.15, -0.1) is 0 Å². The number of carbonyl (C=O) groups excluding carboxylic acids is 2. The number of benzene rings is 3. The summed E-state index contributed by atoms with van der Waals surface area (Å²) in [5.41, 5.74) is 2.56. The van der Waals surface area contributed by atoms with Crippen LogP contribution >= 0.6 is 0 Å². The van der Waals surface area contributed by atoms with Crippen molar-refractivity contribution in [3.8, 4) is 23.3 Å². The molecule has 1 aliphatic heterocycles. The first-order chi connectivity index (χ1) is 17.0. The molecule has 1 unspecified atom stereocenters. The van der Waals surface area contributed by atoms with Crippen LogP contribution in [0, 0.1) is 11.3 Å². The fraction of sp³-hybridized carbons (Fsp3) is 0.250. The first-order valence-electron chi connectivity index (χ1n) is 11.4. The molecule has 4 rings (SSSR count). The first-order valence-corrected chi connectivity index (χ1v) is 11.4. The summed E-state index contributed by atoms with van der Waals surface area (Å²) in [4.78, 5) is 24.7. The summed E-state index contributed by atoms with van der Waals surface area (Å²) in [6.45, 7) is 2.95. The van der Waals surface area contributed by atoms with Gasteiger partial charge in [-0.1, -0.05) is 37.3 Å². The second-order valence-electron chi connectivity index (χ2n) is 8.36. The van der Waals surface area contributed by atoms with Gasteiger partial charge in [-0.25, -0.2) is 0 Å². The normalized spacial score (nSPS) is 15.1. The van der Waals surface area contributed by atoms with Gasteiger partial charge in [0.2, 0.25) is 0 Å². The molecule has 1 aliphatic rings. The van der Waals surface area contributed by atoms with Gasteiger partial charge in [-0.05, 0) is 48.2 Å². The van der Waals surface area contributed by atoms with E-state index in [9.17, 15) is 14.9 Å². The average Bonchev–Trinajstić information content (AvgIpc) is 2.91. The first kappa shape index (κ1) is 23.8. The molecule has 35 heavy (non-hydrogen) atoms. The number of fused-ring (bicyclic) bond motifs is 1. The number of amides is 1. The molecule has 1 amide bonds. The zero-order valence-electron chi connectivity index (χ0n) is 19.6. The number of esters is 1. The minimum absolute atomic E-state index is 0.173. The Morgan fingerprint density at radius 1 is 1.14 bits per heavy atom. The molecule has 1 N–H and O–H groups in total. The number of ether oxygens (including phenoxy) is 3. The van der Waals surface area contributed by atoms with Crippen LogP contribution in [0.2, 0.25) is 0 Å². The topological polar surface area (TPSA) is 97.7 Å². The summed E-state index contributed by atoms with van der Waals surface area (Å²) in [7, 11) is 1.34. The lowest BCUT2D eigenvalue weighted by molar-refractivity contribution is -0.143. The lowest BCUT2D eigenvalue weighted by atomic mass is 9.91. The molecule has 0 saturated heterocycles. The van der Waals surface area contributed by atoms with E-state index in [1.54, 1.807) is 36.4 Å². The zero-order valence-corrected chi connectivity index (χ0v) is 19.6. The maximum atomic E-state index is 12.6. The Kier molecular flexibility index (Phi) is 7.32. The molecule has 3 aromatic carbocycles. The van der Waals surface area contributed by atoms with Gasteiger partial charge in [-0.3, -0.25) is 9.59 Å². The highest BCUT2D eigenvalue weighted by molar-refractivity contribution is 5.94. The molecule has 0 aromatic heterocycles. The molecule has 0 bridgehead atoms. The van der Waals surface area contributed by atoms with Crippen LogP contribution in [0.5, 0.6) is 17.2 Å². The number of carbonyl (C=O) groups is 2. The molecule has 0 spiro atoms. The number of hydrogen-bond donors (Lipinski definition) is 1. The van der Waals surface area contributed by atoms with Gasteiger partial charge in [0.05, 0.1) is 25.2 Å². The summed E-state index contributed by atoms with van der Waals surface area (Å²) >= 11 is 0. The minimum atomic E-state index is -0.479. The lowest BCUT2D eigenvalue weighted by Gasteiger charge is -2.25. The van der Waals surface area contributed by atoms with Crippen molar-refractivity contribution in [3.05, 3.63) is 89.0 Å². The third-order valence-corrected chi connectivity index (χ3v) is 6.04. The molecule has 178 valence electrons. The van der Waals surface area contributed by atoms with E-state index < -0.39 is 5.92 Å². The van der Waals surface area contributed by atoms with Crippen molar-refractivity contribution in [1.82, 2.24) is 5.32 Å². The number of hydrogen-bond acceptors (Lipinski definition) is 6. The van der Waals surface area contributed by atoms with Crippen LogP contribution in [-0.4, -0.2) is 32.1 Å². The van der Waals surface area contributed by atoms with Crippen molar-refractivity contribution >= 4 is 11.9 Å². The van der Waals surface area contributed by atoms with Gasteiger partial charge in [0.25, 0.3) is 5.91 Å². The molecule has 0 fully saturated rings. The van der Waals surface area contributed by atoms with Crippen molar-refractivity contribution in [1.29, 1.82) is 5.26 Å². The van der Waals surface area contributed by atoms with Crippen LogP contribution in [-0.2, 0) is 9.53 Å². The van der Waals surface area contributed by atoms with Crippen LogP contribution < -0.4 is 14.8 Å². The maximum absolute atomic E-state index is 12.6. The largest absolute Gasteiger partial charge is 0.493 e. The van der Waals surface area contributed by atoms with Crippen LogP contribution in [0.25, 0.3) is 0 Å². The monoisotopic (exact) mass is 470 g/mol. The predicted octanol–water partition coefficient (Wildman–Crippen LogP) is 4.92. The molecule has 0 radical (unpaired) electrons. The Morgan fingerprint density at radius 3 is 2.57 bits per heavy atom. The molecule has 3 aromatic rings. The smallest absolute Gasteiger partial charge is 0.313 e. The van der Waals surface area contributed by atoms with Gasteiger partial charge < -0.3 is 19.5 Å². The number of nitriles is 1. The Morgan fingerprint density at radius 2 is 1.89 bits per heavy atom. The van der Waals surface area contributed by atoms with Gasteiger partial charge in [-0.2, -0.15) is 5.26 Å². The van der Waals surface area contributed by atoms with E-state index in [2.05, 4.69) is 18.3 Å². The van der Waals surface area contributed by atoms with Crippen LogP contribution in [0.15, 0.2) is 66.7 Å². The summed E-state index contributed by atoms with van der Waals surface area (Å²) in [6, 6.07) is 22.1. The van der Waals surface area contributed by atoms with Crippen LogP contribution in [0.1, 0.15) is 52.2 Å². The third kappa shape index (κ3) is 5.44. The van der Waals surface area contributed by atoms with E-state index in [4.69, 9.17) is 14.2 Å². The van der Waals surface area contributed by atoms with E-state index in [1.165, 1.54) is 7.11 Å². The Labute approximate surface area is 204 Å². The highest BCUT2D eigenvalue weighted by atomic mass is 16.5. The summed E-state index contributed by atoms with van der Waals surface area (Å²) < 4.78 is 16.5. The third-order valence-electron chi connectivity index (χ3n) is 6.04. The minimum Gasteiger partial charge on any atom is -0.493 e. The average molecular weight is 471 g/mol. The standard InChI is InChI=1S/C28H26N2O5/c1-18(19-6-4-3-5-7-19)17-30-27(31)20-8-10-22(11-9-20)35-25-15-26-24(14-21(25)16-29)23(12-13-34-26)28(32)33-2/h3-11,14-15,18,23H,12-13,17H2,1-2H3,(H,30,31)/t18-,23?/m0/s1. The van der Waals surface area contributed by atoms with Gasteiger partial charge in [0.1, 0.15) is 23.3 Å². The number of nitrogens with zero attached hydrogens (tertiary/aromatic N) is 1. The van der Waals surface area contributed by atoms with Crippen LogP contribution in [0.3, 0.4) is 0 Å². The molecule has 0 saturated carbocycles. The molecular formula is C28H26N2O5. The summed E-state index contributed by atoms with van der Waals surface area (Å²) in [6.07, 6.45) is 0.485. The zero-order chi connectivity index (χ0) is 24.8. The van der Waals surface area contributed by atoms with Crippen molar-refractivity contribution in [3.63, 3.8) is 0 Å². The molecule has 0 aliphatic carbocycles. The highest BCUT2D eigenvalue weighted by Crippen LogP contribution is 2.40. The summed E-state index contributed by atoms with van der Waals surface area (Å²) in [5, 5.41) is 12.6. The van der Waals surface area contributed by atoms with Crippen molar-refractivity contribution in [2.45, 2.75) is 25.2 Å². The number of nitrogens with one attached hydrogen (secondary N) is 1. The Bertz CT molecular complexity index is 1250. The van der Waals surface area contributed by atoms with Gasteiger partial charge >= 0.3 is 5.97 Å². The molecule has 1 heterocycles. The molecule has 2 atom stereocenters. The predicted molar refractivity (Wildman–Crippen MR) is 130 cm³/mol. The fourth-order valence-corrected chi connectivity index (χ4v) is 4.02. The van der Waals surface area contributed by atoms with E-state index in [-0.39, 0.29) is 23.4 Å². The molecule has 7 nitrogen and oxygen atoms in total. The Hall–Kier alpha value is -4.31. The van der Waals surface area contributed by atoms with Crippen molar-refractivity contribution in [2.75, 3.05) is 20.3 Å². The maximum Gasteiger partial charge on any atom is 0.313 e. The van der Waals surface area contributed by atoms with Gasteiger partial charge in [0, 0.05) is 23.7 Å². The lowest BCUT2D eigenvalue weighted by Crippen LogP contribution is -2.27. The molecular weight excluding hydrogens is 444 g/mol. The van der Waals surface area contributed by atoms with E-state index in [0.29, 0.717) is 47.9 Å². The van der Waals surface area contributed by atoms with Gasteiger partial charge in [0.15, 0.2) is 0 Å².